The molecule has 0 unspecified atom stereocenters. The van der Waals surface area contributed by atoms with Gasteiger partial charge in [-0.1, -0.05) is 42.0 Å². The van der Waals surface area contributed by atoms with Crippen LogP contribution in [0.25, 0.3) is 0 Å². The minimum atomic E-state index is -1.04. The first kappa shape index (κ1) is 23.4. The number of esters is 1. The second-order valence-electron chi connectivity index (χ2n) is 8.03. The Bertz CT molecular complexity index is 972. The fourth-order valence-electron chi connectivity index (χ4n) is 3.96. The summed E-state index contributed by atoms with van der Waals surface area (Å²) < 4.78 is 16.4. The highest BCUT2D eigenvalue weighted by Crippen LogP contribution is 2.30. The zero-order valence-corrected chi connectivity index (χ0v) is 19.0. The van der Waals surface area contributed by atoms with Crippen molar-refractivity contribution in [1.29, 1.82) is 0 Å². The first-order chi connectivity index (χ1) is 15.5. The first-order valence-corrected chi connectivity index (χ1v) is 10.9. The molecule has 0 fully saturated rings. The molecule has 1 aliphatic rings. The molecule has 2 aromatic rings. The maximum absolute atomic E-state index is 13.1. The van der Waals surface area contributed by atoms with E-state index in [0.717, 1.165) is 6.42 Å². The van der Waals surface area contributed by atoms with E-state index in [1.54, 1.807) is 25.3 Å². The predicted molar refractivity (Wildman–Crippen MR) is 123 cm³/mol. The molecule has 0 saturated carbocycles. The Kier molecular flexibility index (Phi) is 7.92. The lowest BCUT2D eigenvalue weighted by Gasteiger charge is -2.31. The molecule has 0 radical (unpaired) electrons. The largest absolute Gasteiger partial charge is 0.493 e. The molecule has 1 aliphatic carbocycles. The van der Waals surface area contributed by atoms with Crippen molar-refractivity contribution in [3.63, 3.8) is 0 Å². The van der Waals surface area contributed by atoms with E-state index >= 15 is 0 Å². The molecule has 0 bridgehead atoms. The molecule has 0 aromatic heterocycles. The Balaban J connectivity index is 1.74. The van der Waals surface area contributed by atoms with Gasteiger partial charge in [0.25, 0.3) is 5.91 Å². The van der Waals surface area contributed by atoms with Crippen molar-refractivity contribution in [2.24, 2.45) is 0 Å². The number of ether oxygens (including phenoxy) is 3. The highest BCUT2D eigenvalue weighted by Gasteiger charge is 2.40. The standard InChI is InChI=1S/C26H31NO5/c1-19-9-8-10-20(17-19)13-16-32-23-18-21(11-12-22(23)30-2)24(28)27-26(25(29)31-3)14-6-4-5-7-15-26/h4-5,8-12,17-18H,6-7,13-16H2,1-3H3,(H,27,28). The Morgan fingerprint density at radius 3 is 2.41 bits per heavy atom. The lowest BCUT2D eigenvalue weighted by atomic mass is 9.89. The molecule has 170 valence electrons. The van der Waals surface area contributed by atoms with Crippen LogP contribution in [0.3, 0.4) is 0 Å². The van der Waals surface area contributed by atoms with Crippen molar-refractivity contribution < 1.29 is 23.8 Å². The Morgan fingerprint density at radius 1 is 1.00 bits per heavy atom. The van der Waals surface area contributed by atoms with Crippen molar-refractivity contribution in [1.82, 2.24) is 5.32 Å². The number of benzene rings is 2. The lowest BCUT2D eigenvalue weighted by molar-refractivity contribution is -0.148. The van der Waals surface area contributed by atoms with E-state index in [2.05, 4.69) is 30.4 Å². The van der Waals surface area contributed by atoms with Crippen LogP contribution in [-0.2, 0) is 16.0 Å². The summed E-state index contributed by atoms with van der Waals surface area (Å²) in [5, 5.41) is 2.94. The van der Waals surface area contributed by atoms with Crippen LogP contribution in [0.4, 0.5) is 0 Å². The minimum absolute atomic E-state index is 0.344. The third kappa shape index (κ3) is 5.69. The summed E-state index contributed by atoms with van der Waals surface area (Å²) in [5.41, 5.74) is 1.74. The summed E-state index contributed by atoms with van der Waals surface area (Å²) in [7, 11) is 2.91. The van der Waals surface area contributed by atoms with Crippen LogP contribution in [-0.4, -0.2) is 38.2 Å². The molecule has 0 heterocycles. The van der Waals surface area contributed by atoms with Gasteiger partial charge in [0.2, 0.25) is 0 Å². The minimum Gasteiger partial charge on any atom is -0.493 e. The average molecular weight is 438 g/mol. The van der Waals surface area contributed by atoms with Gasteiger partial charge in [-0.3, -0.25) is 4.79 Å². The highest BCUT2D eigenvalue weighted by molar-refractivity contribution is 5.98. The highest BCUT2D eigenvalue weighted by atomic mass is 16.5. The van der Waals surface area contributed by atoms with Gasteiger partial charge in [0, 0.05) is 12.0 Å². The Morgan fingerprint density at radius 2 is 1.75 bits per heavy atom. The monoisotopic (exact) mass is 437 g/mol. The van der Waals surface area contributed by atoms with Crippen molar-refractivity contribution in [3.8, 4) is 11.5 Å². The van der Waals surface area contributed by atoms with E-state index in [9.17, 15) is 9.59 Å². The van der Waals surface area contributed by atoms with Crippen molar-refractivity contribution in [2.75, 3.05) is 20.8 Å². The number of rotatable bonds is 8. The summed E-state index contributed by atoms with van der Waals surface area (Å²) >= 11 is 0. The predicted octanol–water partition coefficient (Wildman–Crippen LogP) is 4.40. The maximum atomic E-state index is 13.1. The zero-order chi connectivity index (χ0) is 23.0. The molecule has 0 atom stereocenters. The van der Waals surface area contributed by atoms with Gasteiger partial charge >= 0.3 is 5.97 Å². The van der Waals surface area contributed by atoms with Gasteiger partial charge in [-0.25, -0.2) is 4.79 Å². The van der Waals surface area contributed by atoms with Gasteiger partial charge in [0.1, 0.15) is 5.54 Å². The smallest absolute Gasteiger partial charge is 0.331 e. The van der Waals surface area contributed by atoms with E-state index in [4.69, 9.17) is 14.2 Å². The third-order valence-corrected chi connectivity index (χ3v) is 5.73. The fraction of sp³-hybridized carbons (Fsp3) is 0.385. The normalized spacial score (nSPS) is 14.8. The number of amides is 1. The molecule has 0 saturated heterocycles. The number of methoxy groups -OCH3 is 2. The quantitative estimate of drug-likeness (QED) is 0.490. The number of hydrogen-bond donors (Lipinski definition) is 1. The van der Waals surface area contributed by atoms with Crippen molar-refractivity contribution in [3.05, 3.63) is 71.3 Å². The molecule has 32 heavy (non-hydrogen) atoms. The van der Waals surface area contributed by atoms with Gasteiger partial charge < -0.3 is 19.5 Å². The van der Waals surface area contributed by atoms with Crippen LogP contribution < -0.4 is 14.8 Å². The number of carbonyl (C=O) groups is 2. The van der Waals surface area contributed by atoms with Gasteiger partial charge in [0.05, 0.1) is 20.8 Å². The molecular formula is C26H31NO5. The molecule has 1 N–H and O–H groups in total. The molecule has 0 aliphatic heterocycles. The molecule has 6 nitrogen and oxygen atoms in total. The van der Waals surface area contributed by atoms with Crippen molar-refractivity contribution >= 4 is 11.9 Å². The van der Waals surface area contributed by atoms with Gasteiger partial charge in [0.15, 0.2) is 11.5 Å². The van der Waals surface area contributed by atoms with E-state index < -0.39 is 11.5 Å². The summed E-state index contributed by atoms with van der Waals surface area (Å²) in [4.78, 5) is 25.7. The van der Waals surface area contributed by atoms with E-state index in [-0.39, 0.29) is 5.91 Å². The molecular weight excluding hydrogens is 406 g/mol. The molecule has 2 aromatic carbocycles. The Labute approximate surface area is 189 Å². The second kappa shape index (κ2) is 10.8. The second-order valence-corrected chi connectivity index (χ2v) is 8.03. The van der Waals surface area contributed by atoms with Gasteiger partial charge in [-0.05, 0) is 56.4 Å². The van der Waals surface area contributed by atoms with Gasteiger partial charge in [-0.2, -0.15) is 0 Å². The number of aryl methyl sites for hydroxylation is 1. The summed E-state index contributed by atoms with van der Waals surface area (Å²) in [5.74, 6) is 0.274. The Hall–Kier alpha value is -3.28. The lowest BCUT2D eigenvalue weighted by Crippen LogP contribution is -2.54. The SMILES string of the molecule is COC(=O)C1(NC(=O)c2ccc(OC)c(OCCc3cccc(C)c3)c2)CCC=CCC1. The van der Waals surface area contributed by atoms with Crippen LogP contribution in [0.5, 0.6) is 11.5 Å². The zero-order valence-electron chi connectivity index (χ0n) is 19.0. The number of nitrogens with one attached hydrogen (secondary N) is 1. The van der Waals surface area contributed by atoms with Gasteiger partial charge in [-0.15, -0.1) is 0 Å². The topological polar surface area (TPSA) is 73.9 Å². The number of carbonyl (C=O) groups excluding carboxylic acids is 2. The van der Waals surface area contributed by atoms with Crippen LogP contribution in [0, 0.1) is 6.92 Å². The maximum Gasteiger partial charge on any atom is 0.331 e. The molecule has 6 heteroatoms. The first-order valence-electron chi connectivity index (χ1n) is 10.9. The van der Waals surface area contributed by atoms with E-state index in [1.165, 1.54) is 18.2 Å². The van der Waals surface area contributed by atoms with Crippen LogP contribution >= 0.6 is 0 Å². The van der Waals surface area contributed by atoms with Crippen molar-refractivity contribution in [2.45, 2.75) is 44.6 Å². The number of hydrogen-bond acceptors (Lipinski definition) is 5. The fourth-order valence-corrected chi connectivity index (χ4v) is 3.96. The third-order valence-electron chi connectivity index (χ3n) is 5.73. The summed E-state index contributed by atoms with van der Waals surface area (Å²) in [6, 6.07) is 13.3. The van der Waals surface area contributed by atoms with E-state index in [1.807, 2.05) is 18.2 Å². The van der Waals surface area contributed by atoms with Crippen LogP contribution in [0.15, 0.2) is 54.6 Å². The molecule has 0 spiro atoms. The average Bonchev–Trinajstić information content (AvgIpc) is 3.05. The van der Waals surface area contributed by atoms with Crippen LogP contribution in [0.2, 0.25) is 0 Å². The summed E-state index contributed by atoms with van der Waals surface area (Å²) in [6.45, 7) is 2.50. The molecule has 3 rings (SSSR count). The molecule has 1 amide bonds. The number of allylic oxidation sites excluding steroid dienone is 2. The van der Waals surface area contributed by atoms with E-state index in [0.29, 0.717) is 49.4 Å². The van der Waals surface area contributed by atoms with Crippen LogP contribution in [0.1, 0.15) is 47.2 Å². The summed E-state index contributed by atoms with van der Waals surface area (Å²) in [6.07, 6.45) is 7.20.